The highest BCUT2D eigenvalue weighted by Gasteiger charge is 2.55. The van der Waals surface area contributed by atoms with Crippen molar-refractivity contribution in [3.63, 3.8) is 0 Å². The topological polar surface area (TPSA) is 65.5 Å². The summed E-state index contributed by atoms with van der Waals surface area (Å²) in [4.78, 5) is 34.3. The minimum Gasteiger partial charge on any atom is -0.323 e. The number of hydrogen-bond donors (Lipinski definition) is 1. The van der Waals surface area contributed by atoms with Crippen molar-refractivity contribution in [3.8, 4) is 0 Å². The molecule has 7 heteroatoms. The zero-order valence-corrected chi connectivity index (χ0v) is 17.7. The number of benzene rings is 1. The van der Waals surface area contributed by atoms with E-state index in [-0.39, 0.29) is 17.9 Å². The first kappa shape index (κ1) is 19.0. The molecule has 2 saturated heterocycles. The first-order chi connectivity index (χ1) is 14.1. The van der Waals surface area contributed by atoms with Crippen molar-refractivity contribution < 1.29 is 9.59 Å². The summed E-state index contributed by atoms with van der Waals surface area (Å²) < 4.78 is 1.25. The predicted molar refractivity (Wildman–Crippen MR) is 114 cm³/mol. The fourth-order valence-corrected chi connectivity index (χ4v) is 6.35. The third-order valence-electron chi connectivity index (χ3n) is 7.09. The van der Waals surface area contributed by atoms with Gasteiger partial charge in [-0.3, -0.25) is 9.69 Å². The van der Waals surface area contributed by atoms with Gasteiger partial charge in [0.05, 0.1) is 21.9 Å². The fraction of sp³-hybridized carbons (Fsp3) is 0.591. The number of amides is 3. The summed E-state index contributed by atoms with van der Waals surface area (Å²) >= 11 is 1.80. The molecule has 1 N–H and O–H groups in total. The monoisotopic (exact) mass is 412 g/mol. The molecule has 0 radical (unpaired) electrons. The van der Waals surface area contributed by atoms with Crippen LogP contribution in [0, 0.1) is 5.92 Å². The maximum Gasteiger partial charge on any atom is 0.326 e. The van der Waals surface area contributed by atoms with E-state index >= 15 is 0 Å². The Morgan fingerprint density at radius 1 is 1.17 bits per heavy atom. The van der Waals surface area contributed by atoms with E-state index in [0.717, 1.165) is 57.1 Å². The number of urea groups is 1. The highest BCUT2D eigenvalue weighted by atomic mass is 32.1. The molecule has 1 aromatic heterocycles. The molecular formula is C22H28N4O2S. The van der Waals surface area contributed by atoms with Gasteiger partial charge in [0.1, 0.15) is 5.54 Å². The summed E-state index contributed by atoms with van der Waals surface area (Å²) in [5.74, 6) is 0.668. The second-order valence-electron chi connectivity index (χ2n) is 8.84. The number of aromatic nitrogens is 1. The smallest absolute Gasteiger partial charge is 0.323 e. The van der Waals surface area contributed by atoms with Gasteiger partial charge < -0.3 is 5.32 Å². The number of para-hydroxylation sites is 1. The molecule has 3 fully saturated rings. The number of fused-ring (bicyclic) bond motifs is 1. The van der Waals surface area contributed by atoms with Gasteiger partial charge in [0, 0.05) is 19.0 Å². The van der Waals surface area contributed by atoms with Crippen LogP contribution >= 0.6 is 11.3 Å². The van der Waals surface area contributed by atoms with Gasteiger partial charge in [-0.2, -0.15) is 0 Å². The Kier molecular flexibility index (Phi) is 4.82. The Bertz CT molecular complexity index is 903. The zero-order chi connectivity index (χ0) is 20.0. The number of nitrogens with one attached hydrogen (secondary N) is 1. The molecule has 1 aliphatic carbocycles. The molecule has 2 aromatic rings. The van der Waals surface area contributed by atoms with E-state index in [1.165, 1.54) is 14.6 Å². The van der Waals surface area contributed by atoms with Crippen molar-refractivity contribution in [2.45, 2.75) is 56.9 Å². The number of likely N-dealkylation sites (tertiary alicyclic amines) is 1. The third-order valence-corrected chi connectivity index (χ3v) is 8.29. The lowest BCUT2D eigenvalue weighted by molar-refractivity contribution is -0.135. The molecule has 3 heterocycles. The SMILES string of the molecule is C[C@H]1CCCC[C@]12NC(=O)N(CN1CCC(c3nc4ccccc4s3)CC1)C2=O. The molecule has 1 saturated carbocycles. The van der Waals surface area contributed by atoms with Crippen LogP contribution in [0.15, 0.2) is 24.3 Å². The number of carbonyl (C=O) groups is 2. The van der Waals surface area contributed by atoms with Gasteiger partial charge in [-0.1, -0.05) is 31.9 Å². The molecule has 0 unspecified atom stereocenters. The standard InChI is InChI=1S/C22H28N4O2S/c1-15-6-4-5-11-22(15)20(27)26(21(28)24-22)14-25-12-9-16(10-13-25)19-23-17-7-2-3-8-18(17)29-19/h2-3,7-8,15-16H,4-6,9-14H2,1H3,(H,24,28)/t15-,22-/m0/s1. The van der Waals surface area contributed by atoms with E-state index in [4.69, 9.17) is 4.98 Å². The summed E-state index contributed by atoms with van der Waals surface area (Å²) in [6.45, 7) is 4.29. The van der Waals surface area contributed by atoms with Gasteiger partial charge >= 0.3 is 6.03 Å². The highest BCUT2D eigenvalue weighted by Crippen LogP contribution is 2.39. The fourth-order valence-electron chi connectivity index (χ4n) is 5.21. The minimum absolute atomic E-state index is 0.0111. The lowest BCUT2D eigenvalue weighted by Crippen LogP contribution is -2.54. The van der Waals surface area contributed by atoms with E-state index in [0.29, 0.717) is 12.6 Å². The number of hydrogen-bond acceptors (Lipinski definition) is 5. The highest BCUT2D eigenvalue weighted by molar-refractivity contribution is 7.18. The Balaban J connectivity index is 1.22. The van der Waals surface area contributed by atoms with Crippen molar-refractivity contribution >= 4 is 33.5 Å². The summed E-state index contributed by atoms with van der Waals surface area (Å²) in [7, 11) is 0. The van der Waals surface area contributed by atoms with Crippen LogP contribution in [0.2, 0.25) is 0 Å². The summed E-state index contributed by atoms with van der Waals surface area (Å²) in [6.07, 6.45) is 5.97. The molecule has 154 valence electrons. The Morgan fingerprint density at radius 2 is 1.97 bits per heavy atom. The van der Waals surface area contributed by atoms with Crippen molar-refractivity contribution in [1.29, 1.82) is 0 Å². The van der Waals surface area contributed by atoms with E-state index in [1.807, 2.05) is 6.07 Å². The van der Waals surface area contributed by atoms with Crippen molar-refractivity contribution in [3.05, 3.63) is 29.3 Å². The third kappa shape index (κ3) is 3.24. The van der Waals surface area contributed by atoms with Gasteiger partial charge in [0.25, 0.3) is 5.91 Å². The van der Waals surface area contributed by atoms with E-state index in [9.17, 15) is 9.59 Å². The lowest BCUT2D eigenvalue weighted by atomic mass is 9.73. The van der Waals surface area contributed by atoms with Gasteiger partial charge in [-0.15, -0.1) is 11.3 Å². The van der Waals surface area contributed by atoms with Gasteiger partial charge in [-0.05, 0) is 43.7 Å². The van der Waals surface area contributed by atoms with E-state index in [1.54, 1.807) is 11.3 Å². The zero-order valence-electron chi connectivity index (χ0n) is 16.9. The maximum absolute atomic E-state index is 13.2. The van der Waals surface area contributed by atoms with Crippen LogP contribution in [-0.4, -0.2) is 52.0 Å². The Morgan fingerprint density at radius 3 is 2.72 bits per heavy atom. The van der Waals surface area contributed by atoms with Crippen LogP contribution in [0.25, 0.3) is 10.2 Å². The number of thiazole rings is 1. The van der Waals surface area contributed by atoms with E-state index < -0.39 is 5.54 Å². The Hall–Kier alpha value is -1.99. The number of piperidine rings is 1. The van der Waals surface area contributed by atoms with Crippen LogP contribution < -0.4 is 5.32 Å². The molecule has 6 nitrogen and oxygen atoms in total. The van der Waals surface area contributed by atoms with Crippen molar-refractivity contribution in [1.82, 2.24) is 20.1 Å². The maximum atomic E-state index is 13.2. The largest absolute Gasteiger partial charge is 0.326 e. The molecule has 2 atom stereocenters. The summed E-state index contributed by atoms with van der Waals surface area (Å²) in [5.41, 5.74) is 0.426. The summed E-state index contributed by atoms with van der Waals surface area (Å²) in [6, 6.07) is 8.09. The summed E-state index contributed by atoms with van der Waals surface area (Å²) in [5, 5.41) is 4.28. The lowest BCUT2D eigenvalue weighted by Gasteiger charge is -2.37. The minimum atomic E-state index is -0.658. The van der Waals surface area contributed by atoms with Crippen LogP contribution in [0.4, 0.5) is 4.79 Å². The molecule has 1 spiro atoms. The average molecular weight is 413 g/mol. The molecule has 3 amide bonds. The molecule has 5 rings (SSSR count). The van der Waals surface area contributed by atoms with Gasteiger partial charge in [-0.25, -0.2) is 14.7 Å². The molecule has 2 aliphatic heterocycles. The number of imide groups is 1. The van der Waals surface area contributed by atoms with Crippen LogP contribution in [-0.2, 0) is 4.79 Å². The Labute approximate surface area is 175 Å². The molecule has 1 aromatic carbocycles. The van der Waals surface area contributed by atoms with Crippen molar-refractivity contribution in [2.24, 2.45) is 5.92 Å². The molecule has 3 aliphatic rings. The normalized spacial score (nSPS) is 29.1. The number of rotatable bonds is 3. The molecule has 29 heavy (non-hydrogen) atoms. The van der Waals surface area contributed by atoms with Crippen molar-refractivity contribution in [2.75, 3.05) is 19.8 Å². The predicted octanol–water partition coefficient (Wildman–Crippen LogP) is 3.93. The van der Waals surface area contributed by atoms with E-state index in [2.05, 4.69) is 35.3 Å². The van der Waals surface area contributed by atoms with Gasteiger partial charge in [0.15, 0.2) is 0 Å². The number of nitrogens with zero attached hydrogens (tertiary/aromatic N) is 3. The average Bonchev–Trinajstić information content (AvgIpc) is 3.26. The van der Waals surface area contributed by atoms with Crippen LogP contribution in [0.3, 0.4) is 0 Å². The number of carbonyl (C=O) groups excluding carboxylic acids is 2. The first-order valence-corrected chi connectivity index (χ1v) is 11.6. The molecule has 0 bridgehead atoms. The quantitative estimate of drug-likeness (QED) is 0.776. The van der Waals surface area contributed by atoms with Crippen LogP contribution in [0.1, 0.15) is 56.4 Å². The van der Waals surface area contributed by atoms with Gasteiger partial charge in [0.2, 0.25) is 0 Å². The van der Waals surface area contributed by atoms with Crippen LogP contribution in [0.5, 0.6) is 0 Å². The second kappa shape index (κ2) is 7.36. The first-order valence-electron chi connectivity index (χ1n) is 10.8. The molecular weight excluding hydrogens is 384 g/mol. The second-order valence-corrected chi connectivity index (χ2v) is 9.90.